The number of rotatable bonds is 7. The van der Waals surface area contributed by atoms with Crippen LogP contribution >= 0.6 is 0 Å². The molecule has 4 nitrogen and oxygen atoms in total. The third kappa shape index (κ3) is 4.66. The molecule has 0 aliphatic heterocycles. The number of nitrogens with one attached hydrogen (secondary N) is 2. The van der Waals surface area contributed by atoms with E-state index in [-0.39, 0.29) is 23.3 Å². The Kier molecular flexibility index (Phi) is 5.80. The Morgan fingerprint density at radius 3 is 2.37 bits per heavy atom. The molecule has 2 amide bonds. The molecule has 1 unspecified atom stereocenters. The van der Waals surface area contributed by atoms with Crippen LogP contribution in [0.15, 0.2) is 48.5 Å². The molecule has 0 heterocycles. The summed E-state index contributed by atoms with van der Waals surface area (Å²) in [7, 11) is 4.00. The van der Waals surface area contributed by atoms with E-state index in [4.69, 9.17) is 0 Å². The van der Waals surface area contributed by atoms with Crippen LogP contribution in [-0.2, 0) is 5.41 Å². The van der Waals surface area contributed by atoms with E-state index in [9.17, 15) is 9.18 Å². The van der Waals surface area contributed by atoms with E-state index in [1.165, 1.54) is 11.6 Å². The van der Waals surface area contributed by atoms with Gasteiger partial charge < -0.3 is 15.5 Å². The van der Waals surface area contributed by atoms with Gasteiger partial charge in [0.1, 0.15) is 5.82 Å². The maximum absolute atomic E-state index is 14.1. The molecule has 0 aromatic heterocycles. The van der Waals surface area contributed by atoms with Crippen molar-refractivity contribution in [1.29, 1.82) is 0 Å². The van der Waals surface area contributed by atoms with Gasteiger partial charge in [-0.25, -0.2) is 9.18 Å². The van der Waals surface area contributed by atoms with Crippen molar-refractivity contribution in [2.24, 2.45) is 0 Å². The summed E-state index contributed by atoms with van der Waals surface area (Å²) in [5.74, 6) is -0.191. The molecule has 1 aliphatic rings. The third-order valence-electron chi connectivity index (χ3n) is 5.43. The lowest BCUT2D eigenvalue weighted by molar-refractivity contribution is 0.231. The van der Waals surface area contributed by atoms with Gasteiger partial charge in [-0.1, -0.05) is 48.0 Å². The normalized spacial score (nSPS) is 16.0. The van der Waals surface area contributed by atoms with Crippen LogP contribution < -0.4 is 10.6 Å². The number of carbonyl (C=O) groups is 1. The van der Waals surface area contributed by atoms with Crippen LogP contribution in [0, 0.1) is 12.7 Å². The Hall–Kier alpha value is -2.40. The summed E-state index contributed by atoms with van der Waals surface area (Å²) in [5, 5.41) is 5.89. The van der Waals surface area contributed by atoms with Gasteiger partial charge in [-0.15, -0.1) is 0 Å². The Morgan fingerprint density at radius 1 is 1.11 bits per heavy atom. The molecule has 5 heteroatoms. The zero-order valence-corrected chi connectivity index (χ0v) is 16.3. The molecular weight excluding hydrogens is 341 g/mol. The molecule has 0 radical (unpaired) electrons. The molecule has 2 aromatic rings. The highest BCUT2D eigenvalue weighted by atomic mass is 19.1. The molecule has 1 saturated carbocycles. The quantitative estimate of drug-likeness (QED) is 0.780. The van der Waals surface area contributed by atoms with Crippen LogP contribution in [0.4, 0.5) is 9.18 Å². The van der Waals surface area contributed by atoms with Crippen molar-refractivity contribution in [3.05, 3.63) is 71.0 Å². The fraction of sp³-hybridized carbons (Fsp3) is 0.409. The average molecular weight is 369 g/mol. The standard InChI is InChI=1S/C22H28FN3O/c1-16-8-10-17(11-9-16)20(26(2)3)14-24-21(27)25-15-22(12-13-22)18-6-4-5-7-19(18)23/h4-11,20H,12-15H2,1-3H3,(H2,24,25,27). The maximum atomic E-state index is 14.1. The number of hydrogen-bond acceptors (Lipinski definition) is 2. The van der Waals surface area contributed by atoms with Gasteiger partial charge in [0.05, 0.1) is 6.04 Å². The highest BCUT2D eigenvalue weighted by molar-refractivity contribution is 5.74. The first-order valence-electron chi connectivity index (χ1n) is 9.41. The number of benzene rings is 2. The van der Waals surface area contributed by atoms with Crippen LogP contribution in [-0.4, -0.2) is 38.1 Å². The zero-order valence-electron chi connectivity index (χ0n) is 16.3. The molecule has 1 aliphatic carbocycles. The summed E-state index contributed by atoms with van der Waals surface area (Å²) in [5.41, 5.74) is 2.83. The predicted molar refractivity (Wildman–Crippen MR) is 106 cm³/mol. The second-order valence-corrected chi connectivity index (χ2v) is 7.71. The Morgan fingerprint density at radius 2 is 1.78 bits per heavy atom. The lowest BCUT2D eigenvalue weighted by atomic mass is 9.95. The topological polar surface area (TPSA) is 44.4 Å². The van der Waals surface area contributed by atoms with E-state index >= 15 is 0 Å². The smallest absolute Gasteiger partial charge is 0.314 e. The van der Waals surface area contributed by atoms with Gasteiger partial charge in [0.25, 0.3) is 0 Å². The van der Waals surface area contributed by atoms with E-state index in [0.717, 1.165) is 18.4 Å². The van der Waals surface area contributed by atoms with E-state index in [1.54, 1.807) is 6.07 Å². The number of aryl methyl sites for hydroxylation is 1. The van der Waals surface area contributed by atoms with E-state index in [0.29, 0.717) is 18.7 Å². The van der Waals surface area contributed by atoms with Crippen molar-refractivity contribution >= 4 is 6.03 Å². The number of amides is 2. The number of carbonyl (C=O) groups excluding carboxylic acids is 1. The molecule has 2 aromatic carbocycles. The molecule has 3 rings (SSSR count). The monoisotopic (exact) mass is 369 g/mol. The van der Waals surface area contributed by atoms with Crippen LogP contribution in [0.3, 0.4) is 0 Å². The maximum Gasteiger partial charge on any atom is 0.314 e. The largest absolute Gasteiger partial charge is 0.337 e. The minimum Gasteiger partial charge on any atom is -0.337 e. The predicted octanol–water partition coefficient (Wildman–Crippen LogP) is 3.77. The molecule has 0 bridgehead atoms. The fourth-order valence-electron chi connectivity index (χ4n) is 3.47. The van der Waals surface area contributed by atoms with Crippen molar-refractivity contribution in [3.63, 3.8) is 0 Å². The van der Waals surface area contributed by atoms with Gasteiger partial charge >= 0.3 is 6.03 Å². The minimum absolute atomic E-state index is 0.0952. The summed E-state index contributed by atoms with van der Waals surface area (Å²) in [6.07, 6.45) is 1.80. The molecule has 1 fully saturated rings. The number of likely N-dealkylation sites (N-methyl/N-ethyl adjacent to an activating group) is 1. The van der Waals surface area contributed by atoms with Crippen LogP contribution in [0.2, 0.25) is 0 Å². The lowest BCUT2D eigenvalue weighted by Gasteiger charge is -2.25. The Labute approximate surface area is 160 Å². The molecule has 27 heavy (non-hydrogen) atoms. The van der Waals surface area contributed by atoms with Gasteiger partial charge in [0, 0.05) is 18.5 Å². The number of urea groups is 1. The first-order valence-corrected chi connectivity index (χ1v) is 9.41. The van der Waals surface area contributed by atoms with Crippen molar-refractivity contribution in [1.82, 2.24) is 15.5 Å². The third-order valence-corrected chi connectivity index (χ3v) is 5.43. The number of nitrogens with zero attached hydrogens (tertiary/aromatic N) is 1. The summed E-state index contributed by atoms with van der Waals surface area (Å²) in [6.45, 7) is 3.02. The molecule has 1 atom stereocenters. The second kappa shape index (κ2) is 8.09. The van der Waals surface area contributed by atoms with Crippen molar-refractivity contribution in [2.45, 2.75) is 31.2 Å². The van der Waals surface area contributed by atoms with Gasteiger partial charge in [-0.2, -0.15) is 0 Å². The molecule has 0 spiro atoms. The van der Waals surface area contributed by atoms with Crippen LogP contribution in [0.1, 0.15) is 35.6 Å². The average Bonchev–Trinajstić information content (AvgIpc) is 3.43. The fourth-order valence-corrected chi connectivity index (χ4v) is 3.47. The summed E-state index contributed by atoms with van der Waals surface area (Å²) >= 11 is 0. The Bertz CT molecular complexity index is 784. The first kappa shape index (κ1) is 19.4. The summed E-state index contributed by atoms with van der Waals surface area (Å²) in [6, 6.07) is 15.1. The van der Waals surface area contributed by atoms with E-state index in [2.05, 4.69) is 46.7 Å². The highest BCUT2D eigenvalue weighted by Crippen LogP contribution is 2.48. The lowest BCUT2D eigenvalue weighted by Crippen LogP contribution is -2.43. The van der Waals surface area contributed by atoms with Gasteiger partial charge in [-0.05, 0) is 51.1 Å². The SMILES string of the molecule is Cc1ccc(C(CNC(=O)NCC2(c3ccccc3F)CC2)N(C)C)cc1. The van der Waals surface area contributed by atoms with E-state index in [1.807, 2.05) is 26.2 Å². The number of halogens is 1. The number of hydrogen-bond donors (Lipinski definition) is 2. The molecule has 2 N–H and O–H groups in total. The molecule has 0 saturated heterocycles. The van der Waals surface area contributed by atoms with Gasteiger partial charge in [0.2, 0.25) is 0 Å². The minimum atomic E-state index is -0.249. The molecular formula is C22H28FN3O. The van der Waals surface area contributed by atoms with Gasteiger partial charge in [0.15, 0.2) is 0 Å². The van der Waals surface area contributed by atoms with Crippen molar-refractivity contribution in [3.8, 4) is 0 Å². The second-order valence-electron chi connectivity index (χ2n) is 7.71. The zero-order chi connectivity index (χ0) is 19.4. The van der Waals surface area contributed by atoms with Crippen molar-refractivity contribution < 1.29 is 9.18 Å². The summed E-state index contributed by atoms with van der Waals surface area (Å²) < 4.78 is 14.1. The Balaban J connectivity index is 1.54. The summed E-state index contributed by atoms with van der Waals surface area (Å²) in [4.78, 5) is 14.4. The highest BCUT2D eigenvalue weighted by Gasteiger charge is 2.46. The van der Waals surface area contributed by atoms with Crippen LogP contribution in [0.25, 0.3) is 0 Å². The van der Waals surface area contributed by atoms with Crippen molar-refractivity contribution in [2.75, 3.05) is 27.2 Å². The molecule has 144 valence electrons. The van der Waals surface area contributed by atoms with Crippen LogP contribution in [0.5, 0.6) is 0 Å². The van der Waals surface area contributed by atoms with E-state index < -0.39 is 0 Å². The first-order chi connectivity index (χ1) is 12.9. The van der Waals surface area contributed by atoms with Gasteiger partial charge in [-0.3, -0.25) is 0 Å².